The summed E-state index contributed by atoms with van der Waals surface area (Å²) in [4.78, 5) is 17.1. The largest absolute Gasteiger partial charge is 0.357 e. The van der Waals surface area contributed by atoms with Crippen molar-refractivity contribution in [3.63, 3.8) is 0 Å². The van der Waals surface area contributed by atoms with E-state index in [2.05, 4.69) is 0 Å². The molecule has 78 valence electrons. The zero-order chi connectivity index (χ0) is 11.0. The second-order valence-electron chi connectivity index (χ2n) is 2.45. The number of benzene rings is 1. The van der Waals surface area contributed by atoms with Crippen molar-refractivity contribution < 1.29 is 22.8 Å². The van der Waals surface area contributed by atoms with Crippen LogP contribution >= 0.6 is 18.3 Å². The van der Waals surface area contributed by atoms with Crippen LogP contribution in [0.1, 0.15) is 0 Å². The summed E-state index contributed by atoms with van der Waals surface area (Å²) in [7, 11) is -3.75. The van der Waals surface area contributed by atoms with Gasteiger partial charge in [0.25, 0.3) is 9.05 Å². The van der Waals surface area contributed by atoms with E-state index in [0.29, 0.717) is 0 Å². The van der Waals surface area contributed by atoms with Crippen molar-refractivity contribution in [2.75, 3.05) is 0 Å². The molecule has 8 heteroatoms. The Labute approximate surface area is 84.9 Å². The minimum absolute atomic E-state index is 0.560. The lowest BCUT2D eigenvalue weighted by Crippen LogP contribution is -2.12. The highest BCUT2D eigenvalue weighted by atomic mass is 35.7. The van der Waals surface area contributed by atoms with E-state index in [1.165, 1.54) is 12.1 Å². The molecule has 1 aromatic rings. The van der Waals surface area contributed by atoms with Crippen molar-refractivity contribution in [1.82, 2.24) is 0 Å². The third-order valence-corrected chi connectivity index (χ3v) is 3.99. The maximum Gasteiger partial charge on any atom is 0.357 e. The third-order valence-electron chi connectivity index (χ3n) is 1.44. The maximum absolute atomic E-state index is 10.9. The van der Waals surface area contributed by atoms with Crippen molar-refractivity contribution >= 4 is 32.6 Å². The molecular formula is C6H6ClO5PS. The minimum Gasteiger partial charge on any atom is -0.321 e. The predicted molar refractivity (Wildman–Crippen MR) is 51.2 cm³/mol. The molecule has 1 rings (SSSR count). The molecule has 0 spiro atoms. The van der Waals surface area contributed by atoms with Gasteiger partial charge in [-0.1, -0.05) is 12.1 Å². The highest BCUT2D eigenvalue weighted by Gasteiger charge is 2.26. The molecule has 0 saturated heterocycles. The Balaban J connectivity index is 3.55. The van der Waals surface area contributed by atoms with Crippen molar-refractivity contribution in [1.29, 1.82) is 0 Å². The molecule has 14 heavy (non-hydrogen) atoms. The Kier molecular flexibility index (Phi) is 3.04. The normalized spacial score (nSPS) is 12.8. The van der Waals surface area contributed by atoms with Crippen molar-refractivity contribution in [3.05, 3.63) is 24.3 Å². The van der Waals surface area contributed by atoms with Gasteiger partial charge in [-0.2, -0.15) is 0 Å². The van der Waals surface area contributed by atoms with E-state index in [1.54, 1.807) is 0 Å². The first-order valence-corrected chi connectivity index (χ1v) is 7.25. The summed E-state index contributed by atoms with van der Waals surface area (Å²) < 4.78 is 32.7. The minimum atomic E-state index is -4.62. The quantitative estimate of drug-likeness (QED) is 0.591. The Hall–Kier alpha value is -0.390. The summed E-state index contributed by atoms with van der Waals surface area (Å²) >= 11 is 0. The van der Waals surface area contributed by atoms with E-state index < -0.39 is 26.8 Å². The molecule has 0 amide bonds. The van der Waals surface area contributed by atoms with Gasteiger partial charge in [0.15, 0.2) is 0 Å². The molecule has 0 unspecified atom stereocenters. The molecule has 2 N–H and O–H groups in total. The molecule has 0 aromatic heterocycles. The number of hydrogen-bond donors (Lipinski definition) is 2. The van der Waals surface area contributed by atoms with Gasteiger partial charge in [-0.15, -0.1) is 0 Å². The van der Waals surface area contributed by atoms with Crippen LogP contribution in [0.2, 0.25) is 0 Å². The van der Waals surface area contributed by atoms with Gasteiger partial charge in [0.05, 0.1) is 10.2 Å². The van der Waals surface area contributed by atoms with Crippen LogP contribution in [0.15, 0.2) is 29.2 Å². The van der Waals surface area contributed by atoms with Crippen molar-refractivity contribution in [2.24, 2.45) is 0 Å². The van der Waals surface area contributed by atoms with E-state index in [1.807, 2.05) is 0 Å². The monoisotopic (exact) mass is 256 g/mol. The van der Waals surface area contributed by atoms with Gasteiger partial charge in [0, 0.05) is 10.7 Å². The average molecular weight is 257 g/mol. The molecule has 0 fully saturated rings. The predicted octanol–water partition coefficient (Wildman–Crippen LogP) is 0.417. The highest BCUT2D eigenvalue weighted by Crippen LogP contribution is 2.36. The van der Waals surface area contributed by atoms with E-state index >= 15 is 0 Å². The second-order valence-corrected chi connectivity index (χ2v) is 6.55. The Morgan fingerprint density at radius 2 is 1.71 bits per heavy atom. The summed E-state index contributed by atoms with van der Waals surface area (Å²) in [5.41, 5.74) is 0. The molecule has 0 radical (unpaired) electrons. The van der Waals surface area contributed by atoms with E-state index in [0.717, 1.165) is 12.1 Å². The Bertz CT molecular complexity index is 491. The van der Waals surface area contributed by atoms with Gasteiger partial charge in [-0.3, -0.25) is 4.57 Å². The molecule has 0 heterocycles. The molecule has 5 nitrogen and oxygen atoms in total. The first-order chi connectivity index (χ1) is 6.23. The second kappa shape index (κ2) is 3.64. The Morgan fingerprint density at radius 3 is 2.07 bits per heavy atom. The third kappa shape index (κ3) is 2.56. The molecular weight excluding hydrogens is 251 g/mol. The van der Waals surface area contributed by atoms with Crippen LogP contribution in [0, 0.1) is 0 Å². The number of rotatable bonds is 2. The standard InChI is InChI=1S/C6H6ClO5PS/c7-14(11,12)6-4-2-1-3-5(6)13(8,9)10/h1-4H,(H2,8,9,10). The maximum atomic E-state index is 10.9. The lowest BCUT2D eigenvalue weighted by molar-refractivity contribution is 0.386. The van der Waals surface area contributed by atoms with Crippen LogP contribution < -0.4 is 5.30 Å². The van der Waals surface area contributed by atoms with Gasteiger partial charge in [0.2, 0.25) is 0 Å². The van der Waals surface area contributed by atoms with Crippen molar-refractivity contribution in [2.45, 2.75) is 4.90 Å². The smallest absolute Gasteiger partial charge is 0.321 e. The van der Waals surface area contributed by atoms with Crippen LogP contribution in [0.4, 0.5) is 0 Å². The van der Waals surface area contributed by atoms with Crippen LogP contribution in [-0.4, -0.2) is 18.2 Å². The van der Waals surface area contributed by atoms with Crippen LogP contribution in [0.3, 0.4) is 0 Å². The van der Waals surface area contributed by atoms with E-state index in [4.69, 9.17) is 20.5 Å². The molecule has 0 atom stereocenters. The van der Waals surface area contributed by atoms with Crippen molar-refractivity contribution in [3.8, 4) is 0 Å². The summed E-state index contributed by atoms with van der Waals surface area (Å²) in [5.74, 6) is 0. The van der Waals surface area contributed by atoms with Gasteiger partial charge in [-0.25, -0.2) is 8.42 Å². The summed E-state index contributed by atoms with van der Waals surface area (Å²) in [5, 5.41) is -0.588. The Morgan fingerprint density at radius 1 is 1.21 bits per heavy atom. The first kappa shape index (κ1) is 11.7. The van der Waals surface area contributed by atoms with Gasteiger partial charge >= 0.3 is 7.60 Å². The fourth-order valence-electron chi connectivity index (χ4n) is 0.904. The lowest BCUT2D eigenvalue weighted by Gasteiger charge is -2.07. The van der Waals surface area contributed by atoms with Crippen LogP contribution in [-0.2, 0) is 13.6 Å². The lowest BCUT2D eigenvalue weighted by atomic mass is 10.4. The first-order valence-electron chi connectivity index (χ1n) is 3.33. The van der Waals surface area contributed by atoms with E-state index in [9.17, 15) is 13.0 Å². The molecule has 0 aliphatic heterocycles. The fraction of sp³-hybridized carbons (Fsp3) is 0. The molecule has 0 bridgehead atoms. The summed E-state index contributed by atoms with van der Waals surface area (Å²) in [6.07, 6.45) is 0. The average Bonchev–Trinajstić information content (AvgIpc) is 2.01. The summed E-state index contributed by atoms with van der Waals surface area (Å²) in [6, 6.07) is 4.71. The molecule has 0 saturated carbocycles. The fourth-order valence-corrected chi connectivity index (χ4v) is 3.39. The van der Waals surface area contributed by atoms with Crippen LogP contribution in [0.5, 0.6) is 0 Å². The van der Waals surface area contributed by atoms with Gasteiger partial charge in [0.1, 0.15) is 0 Å². The summed E-state index contributed by atoms with van der Waals surface area (Å²) in [6.45, 7) is 0. The molecule has 1 aromatic carbocycles. The van der Waals surface area contributed by atoms with Gasteiger partial charge < -0.3 is 9.79 Å². The topological polar surface area (TPSA) is 91.7 Å². The highest BCUT2D eigenvalue weighted by molar-refractivity contribution is 8.14. The zero-order valence-corrected chi connectivity index (χ0v) is 9.13. The van der Waals surface area contributed by atoms with Crippen LogP contribution in [0.25, 0.3) is 0 Å². The molecule has 0 aliphatic rings. The van der Waals surface area contributed by atoms with Gasteiger partial charge in [-0.05, 0) is 12.1 Å². The number of hydrogen-bond acceptors (Lipinski definition) is 3. The SMILES string of the molecule is O=P(O)(O)c1ccccc1S(=O)(=O)Cl. The zero-order valence-electron chi connectivity index (χ0n) is 6.66. The van der Waals surface area contributed by atoms with E-state index in [-0.39, 0.29) is 0 Å². The number of halogens is 1. The molecule has 0 aliphatic carbocycles.